The van der Waals surface area contributed by atoms with Crippen LogP contribution >= 0.6 is 0 Å². The first kappa shape index (κ1) is 15.7. The summed E-state index contributed by atoms with van der Waals surface area (Å²) in [5, 5.41) is 15.0. The van der Waals surface area contributed by atoms with Crippen LogP contribution in [0.5, 0.6) is 0 Å². The van der Waals surface area contributed by atoms with Gasteiger partial charge in [-0.1, -0.05) is 19.4 Å². The molecule has 0 radical (unpaired) electrons. The molecule has 1 amide bonds. The molecule has 1 saturated heterocycles. The number of amides is 1. The highest BCUT2D eigenvalue weighted by molar-refractivity contribution is 5.87. The van der Waals surface area contributed by atoms with Crippen molar-refractivity contribution in [3.63, 3.8) is 0 Å². The molecule has 0 aromatic rings. The summed E-state index contributed by atoms with van der Waals surface area (Å²) in [5.74, 6) is -1.13. The summed E-state index contributed by atoms with van der Waals surface area (Å²) < 4.78 is 0. The van der Waals surface area contributed by atoms with E-state index < -0.39 is 17.4 Å². The molecule has 0 aromatic carbocycles. The molecule has 1 heterocycles. The number of hydrogen-bond donors (Lipinski definition) is 3. The summed E-state index contributed by atoms with van der Waals surface area (Å²) in [5.41, 5.74) is -0.408. The highest BCUT2D eigenvalue weighted by atomic mass is 16.4. The zero-order valence-electron chi connectivity index (χ0n) is 11.6. The van der Waals surface area contributed by atoms with Gasteiger partial charge in [0, 0.05) is 0 Å². The monoisotopic (exact) mass is 268 g/mol. The molecule has 0 aliphatic carbocycles. The first-order valence-corrected chi connectivity index (χ1v) is 6.91. The van der Waals surface area contributed by atoms with Crippen LogP contribution in [0, 0.1) is 5.41 Å². The minimum Gasteiger partial charge on any atom is -0.480 e. The van der Waals surface area contributed by atoms with E-state index in [1.165, 1.54) is 6.08 Å². The summed E-state index contributed by atoms with van der Waals surface area (Å²) in [6, 6.07) is -0.867. The molecule has 5 nitrogen and oxygen atoms in total. The Morgan fingerprint density at radius 3 is 2.58 bits per heavy atom. The lowest BCUT2D eigenvalue weighted by atomic mass is 9.74. The molecule has 0 saturated carbocycles. The third-order valence-electron chi connectivity index (χ3n) is 3.78. The molecular weight excluding hydrogens is 244 g/mol. The second kappa shape index (κ2) is 7.28. The quantitative estimate of drug-likeness (QED) is 0.608. The van der Waals surface area contributed by atoms with Crippen LogP contribution in [0.2, 0.25) is 0 Å². The minimum atomic E-state index is -1.01. The number of carbonyl (C=O) groups excluding carboxylic acids is 1. The Labute approximate surface area is 114 Å². The number of piperidine rings is 1. The molecule has 0 aromatic heterocycles. The predicted octanol–water partition coefficient (Wildman–Crippen LogP) is 1.30. The van der Waals surface area contributed by atoms with E-state index in [4.69, 9.17) is 5.11 Å². The van der Waals surface area contributed by atoms with E-state index in [2.05, 4.69) is 24.1 Å². The zero-order valence-corrected chi connectivity index (χ0v) is 11.6. The maximum atomic E-state index is 12.5. The number of rotatable bonds is 7. The van der Waals surface area contributed by atoms with Gasteiger partial charge < -0.3 is 15.7 Å². The molecule has 0 bridgehead atoms. The summed E-state index contributed by atoms with van der Waals surface area (Å²) in [6.07, 6.45) is 5.04. The normalized spacial score (nSPS) is 19.4. The first-order chi connectivity index (χ1) is 9.05. The topological polar surface area (TPSA) is 78.4 Å². The van der Waals surface area contributed by atoms with E-state index in [0.29, 0.717) is 0 Å². The number of carbonyl (C=O) groups is 2. The molecule has 1 aliphatic rings. The second-order valence-electron chi connectivity index (χ2n) is 5.17. The summed E-state index contributed by atoms with van der Waals surface area (Å²) in [6.45, 7) is 7.21. The van der Waals surface area contributed by atoms with Gasteiger partial charge in [-0.25, -0.2) is 4.79 Å². The number of carboxylic acids is 1. The number of aliphatic carboxylic acids is 1. The third-order valence-corrected chi connectivity index (χ3v) is 3.78. The molecule has 19 heavy (non-hydrogen) atoms. The van der Waals surface area contributed by atoms with Gasteiger partial charge in [0.05, 0.1) is 5.41 Å². The average Bonchev–Trinajstić information content (AvgIpc) is 2.39. The van der Waals surface area contributed by atoms with E-state index in [0.717, 1.165) is 38.8 Å². The Morgan fingerprint density at radius 2 is 2.11 bits per heavy atom. The van der Waals surface area contributed by atoms with Crippen LogP contribution in [0.4, 0.5) is 0 Å². The van der Waals surface area contributed by atoms with Crippen molar-refractivity contribution >= 4 is 11.9 Å². The van der Waals surface area contributed by atoms with E-state index >= 15 is 0 Å². The van der Waals surface area contributed by atoms with Crippen LogP contribution in [0.1, 0.15) is 39.0 Å². The van der Waals surface area contributed by atoms with Crippen LogP contribution in [0.15, 0.2) is 12.7 Å². The molecule has 1 atom stereocenters. The summed E-state index contributed by atoms with van der Waals surface area (Å²) in [4.78, 5) is 23.6. The van der Waals surface area contributed by atoms with Gasteiger partial charge in [-0.2, -0.15) is 0 Å². The fourth-order valence-electron chi connectivity index (χ4n) is 2.67. The molecule has 0 spiro atoms. The molecule has 5 heteroatoms. The van der Waals surface area contributed by atoms with Crippen molar-refractivity contribution in [1.29, 1.82) is 0 Å². The van der Waals surface area contributed by atoms with Crippen molar-refractivity contribution in [3.8, 4) is 0 Å². The molecular formula is C14H24N2O3. The number of nitrogens with one attached hydrogen (secondary N) is 2. The van der Waals surface area contributed by atoms with Crippen LogP contribution in [0.3, 0.4) is 0 Å². The maximum absolute atomic E-state index is 12.5. The third kappa shape index (κ3) is 4.06. The SMILES string of the molecule is C=CCC(NC(=O)C1(CCC)CCNCC1)C(=O)O. The van der Waals surface area contributed by atoms with E-state index in [-0.39, 0.29) is 12.3 Å². The minimum absolute atomic E-state index is 0.120. The smallest absolute Gasteiger partial charge is 0.326 e. The Hall–Kier alpha value is -1.36. The lowest BCUT2D eigenvalue weighted by molar-refractivity contribution is -0.144. The van der Waals surface area contributed by atoms with E-state index in [1.807, 2.05) is 0 Å². The first-order valence-electron chi connectivity index (χ1n) is 6.91. The van der Waals surface area contributed by atoms with Crippen LogP contribution in [0.25, 0.3) is 0 Å². The predicted molar refractivity (Wildman–Crippen MR) is 73.8 cm³/mol. The van der Waals surface area contributed by atoms with Gasteiger partial charge in [0.1, 0.15) is 6.04 Å². The van der Waals surface area contributed by atoms with Gasteiger partial charge in [-0.05, 0) is 38.8 Å². The van der Waals surface area contributed by atoms with Crippen molar-refractivity contribution in [2.24, 2.45) is 5.41 Å². The maximum Gasteiger partial charge on any atom is 0.326 e. The number of hydrogen-bond acceptors (Lipinski definition) is 3. The van der Waals surface area contributed by atoms with Crippen molar-refractivity contribution in [2.45, 2.75) is 45.1 Å². The molecule has 1 unspecified atom stereocenters. The van der Waals surface area contributed by atoms with Crippen LogP contribution < -0.4 is 10.6 Å². The van der Waals surface area contributed by atoms with Gasteiger partial charge >= 0.3 is 5.97 Å². The van der Waals surface area contributed by atoms with Crippen molar-refractivity contribution in [3.05, 3.63) is 12.7 Å². The Kier molecular flexibility index (Phi) is 6.02. The van der Waals surface area contributed by atoms with Gasteiger partial charge in [0.2, 0.25) is 5.91 Å². The van der Waals surface area contributed by atoms with Crippen molar-refractivity contribution in [2.75, 3.05) is 13.1 Å². The lowest BCUT2D eigenvalue weighted by Crippen LogP contribution is -2.52. The lowest BCUT2D eigenvalue weighted by Gasteiger charge is -2.36. The van der Waals surface area contributed by atoms with Crippen LogP contribution in [-0.4, -0.2) is 36.1 Å². The van der Waals surface area contributed by atoms with Gasteiger partial charge in [-0.15, -0.1) is 6.58 Å². The highest BCUT2D eigenvalue weighted by Gasteiger charge is 2.39. The highest BCUT2D eigenvalue weighted by Crippen LogP contribution is 2.34. The van der Waals surface area contributed by atoms with Crippen LogP contribution in [-0.2, 0) is 9.59 Å². The Bertz CT molecular complexity index is 330. The van der Waals surface area contributed by atoms with E-state index in [1.54, 1.807) is 0 Å². The molecule has 3 N–H and O–H groups in total. The zero-order chi connectivity index (χ0) is 14.3. The number of carboxylic acid groups (broad SMARTS) is 1. The van der Waals surface area contributed by atoms with Gasteiger partial charge in [0.25, 0.3) is 0 Å². The van der Waals surface area contributed by atoms with Gasteiger partial charge in [0.15, 0.2) is 0 Å². The van der Waals surface area contributed by atoms with Gasteiger partial charge in [-0.3, -0.25) is 4.79 Å². The van der Waals surface area contributed by atoms with E-state index in [9.17, 15) is 9.59 Å². The molecule has 1 aliphatic heterocycles. The summed E-state index contributed by atoms with van der Waals surface area (Å²) >= 11 is 0. The molecule has 1 rings (SSSR count). The average molecular weight is 268 g/mol. The Balaban J connectivity index is 2.75. The fraction of sp³-hybridized carbons (Fsp3) is 0.714. The van der Waals surface area contributed by atoms with Crippen molar-refractivity contribution < 1.29 is 14.7 Å². The summed E-state index contributed by atoms with van der Waals surface area (Å²) in [7, 11) is 0. The molecule has 1 fully saturated rings. The largest absolute Gasteiger partial charge is 0.480 e. The second-order valence-corrected chi connectivity index (χ2v) is 5.17. The standard InChI is InChI=1S/C14H24N2O3/c1-3-5-11(12(17)18)16-13(19)14(6-4-2)7-9-15-10-8-14/h3,11,15H,1,4-10H2,2H3,(H,16,19)(H,17,18). The Morgan fingerprint density at radius 1 is 1.47 bits per heavy atom. The fourth-order valence-corrected chi connectivity index (χ4v) is 2.67. The molecule has 108 valence electrons. The van der Waals surface area contributed by atoms with Crippen molar-refractivity contribution in [1.82, 2.24) is 10.6 Å².